The largest absolute Gasteiger partial charge is 0.375 e. The summed E-state index contributed by atoms with van der Waals surface area (Å²) in [6.07, 6.45) is 0.0820. The maximum Gasteiger partial charge on any atom is 0.333 e. The Hall–Kier alpha value is -1.63. The van der Waals surface area contributed by atoms with Crippen LogP contribution < -0.4 is 4.90 Å². The van der Waals surface area contributed by atoms with Crippen LogP contribution in [0.15, 0.2) is 0 Å². The molecule has 1 unspecified atom stereocenters. The number of nitrogens with zero attached hydrogens (tertiary/aromatic N) is 4. The van der Waals surface area contributed by atoms with Crippen LogP contribution in [0.4, 0.5) is 11.5 Å². The second-order valence-corrected chi connectivity index (χ2v) is 4.27. The third-order valence-electron chi connectivity index (χ3n) is 2.88. The van der Waals surface area contributed by atoms with Crippen LogP contribution in [0.25, 0.3) is 0 Å². The van der Waals surface area contributed by atoms with E-state index in [0.717, 1.165) is 0 Å². The zero-order chi connectivity index (χ0) is 12.6. The highest BCUT2D eigenvalue weighted by atomic mass is 16.6. The van der Waals surface area contributed by atoms with E-state index in [1.54, 1.807) is 18.7 Å². The average Bonchev–Trinajstić information content (AvgIpc) is 2.53. The summed E-state index contributed by atoms with van der Waals surface area (Å²) in [5.41, 5.74) is 0.549. The quantitative estimate of drug-likeness (QED) is 0.566. The first-order valence-corrected chi connectivity index (χ1v) is 5.55. The summed E-state index contributed by atoms with van der Waals surface area (Å²) < 4.78 is 7.01. The van der Waals surface area contributed by atoms with Crippen molar-refractivity contribution in [2.75, 3.05) is 24.6 Å². The summed E-state index contributed by atoms with van der Waals surface area (Å²) in [6.45, 7) is 5.51. The van der Waals surface area contributed by atoms with Crippen molar-refractivity contribution in [2.45, 2.75) is 20.0 Å². The van der Waals surface area contributed by atoms with Gasteiger partial charge >= 0.3 is 5.69 Å². The Bertz CT molecular complexity index is 443. The highest BCUT2D eigenvalue weighted by molar-refractivity contribution is 5.61. The number of hydrogen-bond donors (Lipinski definition) is 0. The second-order valence-electron chi connectivity index (χ2n) is 4.27. The van der Waals surface area contributed by atoms with Crippen LogP contribution in [0.2, 0.25) is 0 Å². The Morgan fingerprint density at radius 3 is 2.88 bits per heavy atom. The molecule has 2 rings (SSSR count). The molecule has 94 valence electrons. The maximum absolute atomic E-state index is 11.1. The number of aromatic nitrogens is 2. The first-order chi connectivity index (χ1) is 8.00. The van der Waals surface area contributed by atoms with E-state index >= 15 is 0 Å². The van der Waals surface area contributed by atoms with Crippen LogP contribution in [0.5, 0.6) is 0 Å². The highest BCUT2D eigenvalue weighted by Crippen LogP contribution is 2.31. The summed E-state index contributed by atoms with van der Waals surface area (Å²) in [5.74, 6) is 0.572. The molecule has 0 aliphatic carbocycles. The zero-order valence-electron chi connectivity index (χ0n) is 10.2. The SMILES string of the molecule is Cc1nn(C)c(N2CCOC(C)C2)c1[N+](=O)[O-]. The van der Waals surface area contributed by atoms with E-state index < -0.39 is 0 Å². The molecule has 7 nitrogen and oxygen atoms in total. The van der Waals surface area contributed by atoms with E-state index in [9.17, 15) is 10.1 Å². The van der Waals surface area contributed by atoms with Gasteiger partial charge in [-0.1, -0.05) is 0 Å². The van der Waals surface area contributed by atoms with Gasteiger partial charge in [-0.25, -0.2) is 4.68 Å². The van der Waals surface area contributed by atoms with Crippen molar-refractivity contribution in [1.29, 1.82) is 0 Å². The predicted octanol–water partition coefficient (Wildman–Crippen LogP) is 0.862. The van der Waals surface area contributed by atoms with Crippen LogP contribution >= 0.6 is 0 Å². The first kappa shape index (κ1) is 11.8. The minimum Gasteiger partial charge on any atom is -0.375 e. The molecule has 1 atom stereocenters. The Morgan fingerprint density at radius 2 is 2.29 bits per heavy atom. The lowest BCUT2D eigenvalue weighted by atomic mass is 10.3. The van der Waals surface area contributed by atoms with Crippen molar-refractivity contribution in [3.05, 3.63) is 15.8 Å². The molecule has 0 spiro atoms. The van der Waals surface area contributed by atoms with Crippen molar-refractivity contribution < 1.29 is 9.66 Å². The third kappa shape index (κ3) is 2.10. The van der Waals surface area contributed by atoms with Gasteiger partial charge in [0.2, 0.25) is 5.82 Å². The molecule has 1 aromatic rings. The van der Waals surface area contributed by atoms with Gasteiger partial charge in [-0.05, 0) is 13.8 Å². The molecule has 0 saturated carbocycles. The van der Waals surface area contributed by atoms with Crippen molar-refractivity contribution in [2.24, 2.45) is 7.05 Å². The van der Waals surface area contributed by atoms with E-state index in [1.807, 2.05) is 11.8 Å². The molecule has 1 saturated heterocycles. The maximum atomic E-state index is 11.1. The van der Waals surface area contributed by atoms with Gasteiger partial charge in [0.15, 0.2) is 0 Å². The van der Waals surface area contributed by atoms with Crippen molar-refractivity contribution in [3.8, 4) is 0 Å². The van der Waals surface area contributed by atoms with Gasteiger partial charge in [0.25, 0.3) is 0 Å². The van der Waals surface area contributed by atoms with E-state index in [0.29, 0.717) is 31.2 Å². The van der Waals surface area contributed by atoms with Crippen molar-refractivity contribution in [3.63, 3.8) is 0 Å². The molecule has 0 bridgehead atoms. The van der Waals surface area contributed by atoms with Gasteiger partial charge in [0.05, 0.1) is 17.6 Å². The fraction of sp³-hybridized carbons (Fsp3) is 0.700. The number of morpholine rings is 1. The predicted molar refractivity (Wildman–Crippen MR) is 62.2 cm³/mol. The second kappa shape index (κ2) is 4.33. The fourth-order valence-electron chi connectivity index (χ4n) is 2.21. The standard InChI is InChI=1S/C10H16N4O3/c1-7-6-13(4-5-17-7)10-9(14(15)16)8(2)11-12(10)3/h7H,4-6H2,1-3H3. The molecule has 1 aliphatic rings. The van der Waals surface area contributed by atoms with Gasteiger partial charge in [-0.15, -0.1) is 0 Å². The Balaban J connectivity index is 2.40. The van der Waals surface area contributed by atoms with Crippen LogP contribution in [0.3, 0.4) is 0 Å². The number of hydrogen-bond acceptors (Lipinski definition) is 5. The number of ether oxygens (including phenoxy) is 1. The fourth-order valence-corrected chi connectivity index (χ4v) is 2.21. The van der Waals surface area contributed by atoms with E-state index in [-0.39, 0.29) is 16.7 Å². The molecular weight excluding hydrogens is 224 g/mol. The number of aryl methyl sites for hydroxylation is 2. The zero-order valence-corrected chi connectivity index (χ0v) is 10.2. The summed E-state index contributed by atoms with van der Waals surface area (Å²) in [7, 11) is 1.73. The van der Waals surface area contributed by atoms with E-state index in [2.05, 4.69) is 5.10 Å². The topological polar surface area (TPSA) is 73.4 Å². The number of rotatable bonds is 2. The summed E-state index contributed by atoms with van der Waals surface area (Å²) >= 11 is 0. The first-order valence-electron chi connectivity index (χ1n) is 5.55. The number of anilines is 1. The lowest BCUT2D eigenvalue weighted by Crippen LogP contribution is -2.42. The smallest absolute Gasteiger partial charge is 0.333 e. The van der Waals surface area contributed by atoms with Crippen molar-refractivity contribution >= 4 is 11.5 Å². The molecule has 7 heteroatoms. The van der Waals surface area contributed by atoms with E-state index in [1.165, 1.54) is 0 Å². The minimum atomic E-state index is -0.363. The molecule has 1 fully saturated rings. The molecule has 1 aromatic heterocycles. The van der Waals surface area contributed by atoms with Crippen molar-refractivity contribution in [1.82, 2.24) is 9.78 Å². The molecule has 0 radical (unpaired) electrons. The average molecular weight is 240 g/mol. The molecule has 0 N–H and O–H groups in total. The Morgan fingerprint density at radius 1 is 1.59 bits per heavy atom. The summed E-state index contributed by atoms with van der Waals surface area (Å²) in [4.78, 5) is 12.7. The van der Waals surface area contributed by atoms with Crippen LogP contribution in [-0.4, -0.2) is 40.5 Å². The molecular formula is C10H16N4O3. The van der Waals surface area contributed by atoms with E-state index in [4.69, 9.17) is 4.74 Å². The van der Waals surface area contributed by atoms with Crippen LogP contribution in [0, 0.1) is 17.0 Å². The van der Waals surface area contributed by atoms with Gasteiger partial charge in [-0.3, -0.25) is 10.1 Å². The van der Waals surface area contributed by atoms with Gasteiger partial charge < -0.3 is 9.64 Å². The third-order valence-corrected chi connectivity index (χ3v) is 2.88. The number of nitro groups is 1. The molecule has 2 heterocycles. The Labute approximate surface area is 99.1 Å². The Kier molecular flexibility index (Phi) is 3.01. The summed E-state index contributed by atoms with van der Waals surface area (Å²) in [5, 5.41) is 15.2. The lowest BCUT2D eigenvalue weighted by molar-refractivity contribution is -0.384. The van der Waals surface area contributed by atoms with Gasteiger partial charge in [0, 0.05) is 20.1 Å². The summed E-state index contributed by atoms with van der Waals surface area (Å²) in [6, 6.07) is 0. The highest BCUT2D eigenvalue weighted by Gasteiger charge is 2.30. The molecule has 1 aliphatic heterocycles. The van der Waals surface area contributed by atoms with Crippen LogP contribution in [0.1, 0.15) is 12.6 Å². The van der Waals surface area contributed by atoms with Gasteiger partial charge in [-0.2, -0.15) is 5.10 Å². The molecule has 17 heavy (non-hydrogen) atoms. The molecule has 0 aromatic carbocycles. The van der Waals surface area contributed by atoms with Gasteiger partial charge in [0.1, 0.15) is 5.69 Å². The van der Waals surface area contributed by atoms with Crippen LogP contribution in [-0.2, 0) is 11.8 Å². The normalized spacial score (nSPS) is 20.6. The lowest BCUT2D eigenvalue weighted by Gasteiger charge is -2.31. The monoisotopic (exact) mass is 240 g/mol. The minimum absolute atomic E-state index is 0.0820. The molecule has 0 amide bonds.